The van der Waals surface area contributed by atoms with Crippen molar-refractivity contribution in [3.8, 4) is 5.75 Å². The Morgan fingerprint density at radius 1 is 1.07 bits per heavy atom. The number of nitrogens with zero attached hydrogens (tertiary/aromatic N) is 1. The molecular weight excluding hydrogens is 628 g/mol. The second-order valence-electron chi connectivity index (χ2n) is 12.4. The quantitative estimate of drug-likeness (QED) is 0.317. The van der Waals surface area contributed by atoms with Gasteiger partial charge in [0.1, 0.15) is 12.4 Å². The van der Waals surface area contributed by atoms with E-state index in [2.05, 4.69) is 21.8 Å². The van der Waals surface area contributed by atoms with E-state index in [-0.39, 0.29) is 42.5 Å². The first kappa shape index (κ1) is 34.3. The van der Waals surface area contributed by atoms with Crippen LogP contribution in [0.5, 0.6) is 5.75 Å². The molecule has 46 heavy (non-hydrogen) atoms. The number of carbonyl (C=O) groups is 2. The summed E-state index contributed by atoms with van der Waals surface area (Å²) in [6.45, 7) is 3.77. The summed E-state index contributed by atoms with van der Waals surface area (Å²) in [4.78, 5) is 27.7. The number of rotatable bonds is 4. The first-order valence-electron chi connectivity index (χ1n) is 16.5. The van der Waals surface area contributed by atoms with E-state index in [1.165, 1.54) is 11.1 Å². The van der Waals surface area contributed by atoms with Crippen molar-refractivity contribution in [3.63, 3.8) is 0 Å². The molecule has 0 spiro atoms. The van der Waals surface area contributed by atoms with Gasteiger partial charge in [-0.1, -0.05) is 29.8 Å². The number of ether oxygens (including phenoxy) is 3. The van der Waals surface area contributed by atoms with Crippen molar-refractivity contribution in [1.82, 2.24) is 4.72 Å². The number of fused-ring (bicyclic) bond motifs is 3. The van der Waals surface area contributed by atoms with Crippen molar-refractivity contribution >= 4 is 39.2 Å². The minimum atomic E-state index is -3.85. The van der Waals surface area contributed by atoms with Crippen LogP contribution in [0.15, 0.2) is 48.6 Å². The lowest BCUT2D eigenvalue weighted by molar-refractivity contribution is -0.151. The molecule has 0 aromatic heterocycles. The molecule has 5 rings (SSSR count). The number of anilines is 1. The number of nitrogens with one attached hydrogen (secondary N) is 1. The number of allylic oxidation sites excluding steroid dienone is 1. The number of benzene rings is 2. The van der Waals surface area contributed by atoms with Gasteiger partial charge in [-0.05, 0) is 118 Å². The summed E-state index contributed by atoms with van der Waals surface area (Å²) in [5.41, 5.74) is 3.51. The summed E-state index contributed by atoms with van der Waals surface area (Å²) in [6, 6.07) is 11.3. The van der Waals surface area contributed by atoms with Crippen LogP contribution >= 0.6 is 11.6 Å². The molecule has 1 saturated carbocycles. The third-order valence-electron chi connectivity index (χ3n) is 9.14. The lowest BCUT2D eigenvalue weighted by Crippen LogP contribution is -2.44. The molecule has 3 atom stereocenters. The summed E-state index contributed by atoms with van der Waals surface area (Å²) >= 11 is 6.40. The minimum absolute atomic E-state index is 0.143. The Labute approximate surface area is 277 Å². The fourth-order valence-electron chi connectivity index (χ4n) is 6.54. The Hall–Kier alpha value is -3.08. The number of aryl methyl sites for hydroxylation is 1. The highest BCUT2D eigenvalue weighted by molar-refractivity contribution is 7.90. The molecule has 0 radical (unpaired) electrons. The molecule has 3 aliphatic rings. The summed E-state index contributed by atoms with van der Waals surface area (Å²) in [6.07, 6.45) is 11.0. The average molecular weight is 673 g/mol. The highest BCUT2D eigenvalue weighted by Gasteiger charge is 2.38. The summed E-state index contributed by atoms with van der Waals surface area (Å²) in [5.74, 6) is -0.154. The van der Waals surface area contributed by atoms with Gasteiger partial charge in [0.25, 0.3) is 5.91 Å². The van der Waals surface area contributed by atoms with Gasteiger partial charge in [-0.3, -0.25) is 4.79 Å². The number of esters is 1. The average Bonchev–Trinajstić information content (AvgIpc) is 3.02. The molecule has 1 fully saturated rings. The maximum absolute atomic E-state index is 13.2. The number of carbonyl (C=O) groups excluding carboxylic acids is 2. The Kier molecular flexibility index (Phi) is 12.0. The molecule has 1 N–H and O–H groups in total. The largest absolute Gasteiger partial charge is 0.491 e. The molecule has 2 aromatic carbocycles. The zero-order valence-electron chi connectivity index (χ0n) is 26.5. The van der Waals surface area contributed by atoms with Gasteiger partial charge >= 0.3 is 5.97 Å². The van der Waals surface area contributed by atoms with Crippen LogP contribution < -0.4 is 14.4 Å². The van der Waals surface area contributed by atoms with E-state index in [1.807, 2.05) is 18.2 Å². The van der Waals surface area contributed by atoms with Gasteiger partial charge in [0, 0.05) is 23.7 Å². The van der Waals surface area contributed by atoms with E-state index in [1.54, 1.807) is 25.1 Å². The van der Waals surface area contributed by atoms with Crippen molar-refractivity contribution in [3.05, 3.63) is 70.3 Å². The standard InChI is InChI=1S/C35H45ClN2O7S/c1-2-43-34(39)24-45-32-10-6-4-8-20-46(41,42)37-35(40)27-13-16-33-31(22-27)38(23-28-12-15-30(28)32)18-17-25-11-14-29(36)21-26(25)9-5-3-7-19-44-33/h6,10-11,13-14,16,21-22,28,30,32H,2-5,7-9,12,15,17-20,23-24H2,1H3,(H,37,40)/b10-6+/t28-,30+,32+/m0/s1. The predicted molar refractivity (Wildman–Crippen MR) is 179 cm³/mol. The molecule has 0 saturated heterocycles. The topological polar surface area (TPSA) is 111 Å². The first-order valence-corrected chi connectivity index (χ1v) is 18.5. The minimum Gasteiger partial charge on any atom is -0.491 e. The lowest BCUT2D eigenvalue weighted by Gasteiger charge is -2.44. The van der Waals surface area contributed by atoms with E-state index >= 15 is 0 Å². The van der Waals surface area contributed by atoms with Gasteiger partial charge in [0.15, 0.2) is 0 Å². The van der Waals surface area contributed by atoms with Gasteiger partial charge in [-0.2, -0.15) is 0 Å². The molecular formula is C35H45ClN2O7S. The van der Waals surface area contributed by atoms with Gasteiger partial charge in [-0.15, -0.1) is 0 Å². The van der Waals surface area contributed by atoms with Crippen LogP contribution in [0.3, 0.4) is 0 Å². The fraction of sp³-hybridized carbons (Fsp3) is 0.543. The van der Waals surface area contributed by atoms with Gasteiger partial charge in [0.2, 0.25) is 10.0 Å². The summed E-state index contributed by atoms with van der Waals surface area (Å²) in [5, 5.41) is 0.728. The van der Waals surface area contributed by atoms with Crippen LogP contribution in [0.2, 0.25) is 5.02 Å². The van der Waals surface area contributed by atoms with E-state index in [4.69, 9.17) is 25.8 Å². The third-order valence-corrected chi connectivity index (χ3v) is 10.7. The maximum Gasteiger partial charge on any atom is 0.332 e. The predicted octanol–water partition coefficient (Wildman–Crippen LogP) is 5.88. The van der Waals surface area contributed by atoms with Crippen LogP contribution in [0.1, 0.15) is 73.4 Å². The van der Waals surface area contributed by atoms with E-state index < -0.39 is 21.9 Å². The molecule has 9 nitrogen and oxygen atoms in total. The second kappa shape index (κ2) is 16.2. The van der Waals surface area contributed by atoms with Crippen LogP contribution in [0.4, 0.5) is 5.69 Å². The van der Waals surface area contributed by atoms with Crippen molar-refractivity contribution < 1.29 is 32.2 Å². The lowest BCUT2D eigenvalue weighted by atomic mass is 9.70. The molecule has 2 aliphatic heterocycles. The smallest absolute Gasteiger partial charge is 0.332 e. The molecule has 2 aromatic rings. The summed E-state index contributed by atoms with van der Waals surface area (Å²) < 4.78 is 45.5. The first-order chi connectivity index (χ1) is 22.2. The molecule has 2 heterocycles. The van der Waals surface area contributed by atoms with Crippen LogP contribution in [0.25, 0.3) is 0 Å². The fourth-order valence-corrected chi connectivity index (χ4v) is 7.78. The highest BCUT2D eigenvalue weighted by Crippen LogP contribution is 2.41. The molecule has 2 bridgehead atoms. The van der Waals surface area contributed by atoms with Crippen molar-refractivity contribution in [2.75, 3.05) is 43.6 Å². The van der Waals surface area contributed by atoms with E-state index in [0.717, 1.165) is 55.7 Å². The number of hydrogen-bond acceptors (Lipinski definition) is 8. The maximum atomic E-state index is 13.2. The van der Waals surface area contributed by atoms with Crippen molar-refractivity contribution in [2.45, 2.75) is 70.8 Å². The van der Waals surface area contributed by atoms with Crippen LogP contribution in [0, 0.1) is 11.8 Å². The second-order valence-corrected chi connectivity index (χ2v) is 14.6. The third kappa shape index (κ3) is 9.26. The van der Waals surface area contributed by atoms with E-state index in [9.17, 15) is 18.0 Å². The zero-order valence-corrected chi connectivity index (χ0v) is 28.1. The number of halogens is 1. The molecule has 250 valence electrons. The monoisotopic (exact) mass is 672 g/mol. The van der Waals surface area contributed by atoms with Gasteiger partial charge in [-0.25, -0.2) is 17.9 Å². The Morgan fingerprint density at radius 2 is 1.93 bits per heavy atom. The molecule has 1 amide bonds. The Bertz CT molecular complexity index is 1510. The molecule has 11 heteroatoms. The zero-order chi connectivity index (χ0) is 32.5. The van der Waals surface area contributed by atoms with Crippen molar-refractivity contribution in [1.29, 1.82) is 0 Å². The number of sulfonamides is 1. The number of hydrogen-bond donors (Lipinski definition) is 1. The molecule has 0 unspecified atom stereocenters. The Morgan fingerprint density at radius 3 is 2.74 bits per heavy atom. The van der Waals surface area contributed by atoms with Crippen LogP contribution in [-0.4, -0.2) is 65.1 Å². The Balaban J connectivity index is 1.52. The van der Waals surface area contributed by atoms with E-state index in [0.29, 0.717) is 38.3 Å². The van der Waals surface area contributed by atoms with Gasteiger partial charge in [0.05, 0.1) is 30.8 Å². The molecule has 1 aliphatic carbocycles. The number of amides is 1. The SMILES string of the molecule is CCOC(=O)CO[C@@H]1/C=C/CCCS(=O)(=O)NC(=O)c2ccc3c(c2)N(CCc2ccc(Cl)cc2CCCCCO3)C[C@@H]2CC[C@H]21. The summed E-state index contributed by atoms with van der Waals surface area (Å²) in [7, 11) is -3.85. The highest BCUT2D eigenvalue weighted by atomic mass is 35.5. The van der Waals surface area contributed by atoms with Crippen molar-refractivity contribution in [2.24, 2.45) is 11.8 Å². The van der Waals surface area contributed by atoms with Gasteiger partial charge < -0.3 is 19.1 Å². The van der Waals surface area contributed by atoms with Crippen LogP contribution in [-0.2, 0) is 37.1 Å². The normalized spacial score (nSPS) is 24.6.